The largest absolute Gasteiger partial charge is 0.381 e. The molecule has 0 atom stereocenters. The van der Waals surface area contributed by atoms with Crippen LogP contribution in [0.4, 0.5) is 5.82 Å². The minimum absolute atomic E-state index is 0.430. The minimum Gasteiger partial charge on any atom is -0.381 e. The Morgan fingerprint density at radius 2 is 2.07 bits per heavy atom. The average molecular weight is 332 g/mol. The van der Waals surface area contributed by atoms with E-state index in [-0.39, 0.29) is 0 Å². The molecule has 0 fully saturated rings. The molecule has 0 aliphatic carbocycles. The van der Waals surface area contributed by atoms with E-state index in [1.807, 2.05) is 25.1 Å². The van der Waals surface area contributed by atoms with Gasteiger partial charge in [-0.15, -0.1) is 0 Å². The average Bonchev–Trinajstić information content (AvgIpc) is 2.49. The number of hydrogen-bond donors (Lipinski definition) is 1. The maximum atomic E-state index is 5.63. The van der Waals surface area contributed by atoms with Crippen molar-refractivity contribution in [3.63, 3.8) is 0 Å². The van der Waals surface area contributed by atoms with Crippen LogP contribution in [0.15, 0.2) is 31.7 Å². The molecule has 78 valence electrons. The summed E-state index contributed by atoms with van der Waals surface area (Å²) < 4.78 is 7.13. The highest BCUT2D eigenvalue weighted by Gasteiger charge is 2.14. The van der Waals surface area contributed by atoms with Crippen molar-refractivity contribution in [2.24, 2.45) is 0 Å². The minimum atomic E-state index is 0.430. The smallest absolute Gasteiger partial charge is 0.173 e. The van der Waals surface area contributed by atoms with E-state index in [0.717, 1.165) is 20.1 Å². The van der Waals surface area contributed by atoms with Gasteiger partial charge in [-0.2, -0.15) is 0 Å². The summed E-state index contributed by atoms with van der Waals surface area (Å²) in [6.07, 6.45) is 0. The van der Waals surface area contributed by atoms with E-state index in [4.69, 9.17) is 10.3 Å². The van der Waals surface area contributed by atoms with Crippen LogP contribution in [0.25, 0.3) is 11.3 Å². The van der Waals surface area contributed by atoms with Gasteiger partial charge >= 0.3 is 0 Å². The summed E-state index contributed by atoms with van der Waals surface area (Å²) in [5.74, 6) is 1.13. The Morgan fingerprint density at radius 1 is 1.33 bits per heavy atom. The van der Waals surface area contributed by atoms with E-state index < -0.39 is 0 Å². The number of aromatic nitrogens is 1. The molecule has 0 aliphatic heterocycles. The number of nitrogen functional groups attached to an aromatic ring is 1. The number of benzene rings is 1. The molecule has 2 aromatic rings. The van der Waals surface area contributed by atoms with Crippen molar-refractivity contribution in [3.8, 4) is 11.3 Å². The Kier molecular flexibility index (Phi) is 2.84. The first-order valence-corrected chi connectivity index (χ1v) is 5.85. The van der Waals surface area contributed by atoms with Crippen LogP contribution in [0.1, 0.15) is 5.56 Å². The molecule has 5 heteroatoms. The zero-order valence-electron chi connectivity index (χ0n) is 7.92. The molecule has 15 heavy (non-hydrogen) atoms. The number of anilines is 1. The van der Waals surface area contributed by atoms with Crippen LogP contribution in [-0.2, 0) is 0 Å². The van der Waals surface area contributed by atoms with Crippen molar-refractivity contribution in [2.45, 2.75) is 6.92 Å². The Bertz CT molecular complexity index is 508. The van der Waals surface area contributed by atoms with E-state index in [2.05, 4.69) is 37.0 Å². The van der Waals surface area contributed by atoms with E-state index in [1.165, 1.54) is 0 Å². The monoisotopic (exact) mass is 330 g/mol. The van der Waals surface area contributed by atoms with E-state index in [9.17, 15) is 0 Å². The summed E-state index contributed by atoms with van der Waals surface area (Å²) >= 11 is 6.86. The Morgan fingerprint density at radius 3 is 2.60 bits per heavy atom. The van der Waals surface area contributed by atoms with Gasteiger partial charge < -0.3 is 10.3 Å². The Labute approximate surface area is 104 Å². The molecule has 0 radical (unpaired) electrons. The van der Waals surface area contributed by atoms with Crippen LogP contribution in [0.2, 0.25) is 0 Å². The molecule has 2 N–H and O–H groups in total. The van der Waals surface area contributed by atoms with Crippen molar-refractivity contribution in [3.05, 3.63) is 32.7 Å². The number of nitrogens with two attached hydrogens (primary N) is 1. The van der Waals surface area contributed by atoms with E-state index in [1.54, 1.807) is 0 Å². The lowest BCUT2D eigenvalue weighted by atomic mass is 10.1. The summed E-state index contributed by atoms with van der Waals surface area (Å²) in [5, 5.41) is 3.73. The van der Waals surface area contributed by atoms with Crippen LogP contribution in [0, 0.1) is 6.92 Å². The maximum Gasteiger partial charge on any atom is 0.173 e. The first-order chi connectivity index (χ1) is 7.09. The second-order valence-electron chi connectivity index (χ2n) is 3.15. The number of nitrogens with zero attached hydrogens (tertiary/aromatic N) is 1. The third kappa shape index (κ3) is 1.94. The number of halogens is 2. The fraction of sp³-hybridized carbons (Fsp3) is 0.100. The lowest BCUT2D eigenvalue weighted by Crippen LogP contribution is -1.86. The summed E-state index contributed by atoms with van der Waals surface area (Å²) in [6.45, 7) is 1.88. The topological polar surface area (TPSA) is 52.0 Å². The predicted molar refractivity (Wildman–Crippen MR) is 66.5 cm³/mol. The SMILES string of the molecule is Cc1c(N)noc1-c1ccc(Br)cc1Br. The summed E-state index contributed by atoms with van der Waals surface area (Å²) in [4.78, 5) is 0. The fourth-order valence-corrected chi connectivity index (χ4v) is 2.50. The molecule has 0 amide bonds. The number of hydrogen-bond acceptors (Lipinski definition) is 3. The first kappa shape index (κ1) is 10.7. The van der Waals surface area contributed by atoms with Crippen LogP contribution in [0.5, 0.6) is 0 Å². The van der Waals surface area contributed by atoms with Crippen LogP contribution in [0.3, 0.4) is 0 Å². The zero-order chi connectivity index (χ0) is 11.0. The number of rotatable bonds is 1. The molecule has 1 aromatic carbocycles. The second-order valence-corrected chi connectivity index (χ2v) is 4.92. The van der Waals surface area contributed by atoms with Gasteiger partial charge in [-0.3, -0.25) is 0 Å². The molecule has 0 bridgehead atoms. The summed E-state index contributed by atoms with van der Waals surface area (Å²) in [6, 6.07) is 5.84. The lowest BCUT2D eigenvalue weighted by molar-refractivity contribution is 0.435. The molecular weight excluding hydrogens is 324 g/mol. The normalized spacial score (nSPS) is 10.6. The third-order valence-electron chi connectivity index (χ3n) is 2.14. The van der Waals surface area contributed by atoms with Crippen molar-refractivity contribution >= 4 is 37.7 Å². The molecular formula is C10H8Br2N2O. The van der Waals surface area contributed by atoms with E-state index in [0.29, 0.717) is 11.6 Å². The van der Waals surface area contributed by atoms with E-state index >= 15 is 0 Å². The van der Waals surface area contributed by atoms with Gasteiger partial charge in [0, 0.05) is 20.1 Å². The lowest BCUT2D eigenvalue weighted by Gasteiger charge is -2.01. The van der Waals surface area contributed by atoms with Gasteiger partial charge in [0.1, 0.15) is 0 Å². The van der Waals surface area contributed by atoms with Gasteiger partial charge in [0.05, 0.1) is 0 Å². The maximum absolute atomic E-state index is 5.63. The highest BCUT2D eigenvalue weighted by molar-refractivity contribution is 9.11. The molecule has 0 unspecified atom stereocenters. The summed E-state index contributed by atoms with van der Waals surface area (Å²) in [5.41, 5.74) is 7.43. The molecule has 1 aromatic heterocycles. The van der Waals surface area contributed by atoms with Crippen molar-refractivity contribution in [1.82, 2.24) is 5.16 Å². The van der Waals surface area contributed by atoms with Gasteiger partial charge in [0.2, 0.25) is 0 Å². The standard InChI is InChI=1S/C10H8Br2N2O/c1-5-9(15-14-10(5)13)7-3-2-6(11)4-8(7)12/h2-4H,1H3,(H2,13,14). The molecule has 0 spiro atoms. The summed E-state index contributed by atoms with van der Waals surface area (Å²) in [7, 11) is 0. The molecule has 0 saturated carbocycles. The molecule has 2 rings (SSSR count). The molecule has 0 aliphatic rings. The van der Waals surface area contributed by atoms with Gasteiger partial charge in [-0.1, -0.05) is 21.1 Å². The molecule has 1 heterocycles. The Hall–Kier alpha value is -0.810. The van der Waals surface area contributed by atoms with Gasteiger partial charge in [-0.25, -0.2) is 0 Å². The Balaban J connectivity index is 2.59. The fourth-order valence-electron chi connectivity index (χ4n) is 1.27. The molecule has 3 nitrogen and oxygen atoms in total. The van der Waals surface area contributed by atoms with Crippen molar-refractivity contribution in [1.29, 1.82) is 0 Å². The zero-order valence-corrected chi connectivity index (χ0v) is 11.1. The van der Waals surface area contributed by atoms with Gasteiger partial charge in [0.25, 0.3) is 0 Å². The van der Waals surface area contributed by atoms with Gasteiger partial charge in [-0.05, 0) is 41.1 Å². The highest BCUT2D eigenvalue weighted by Crippen LogP contribution is 2.34. The van der Waals surface area contributed by atoms with Crippen molar-refractivity contribution in [2.75, 3.05) is 5.73 Å². The highest BCUT2D eigenvalue weighted by atomic mass is 79.9. The van der Waals surface area contributed by atoms with Crippen LogP contribution in [-0.4, -0.2) is 5.16 Å². The predicted octanol–water partition coefficient (Wildman–Crippen LogP) is 3.76. The molecule has 0 saturated heterocycles. The van der Waals surface area contributed by atoms with Gasteiger partial charge in [0.15, 0.2) is 11.6 Å². The second kappa shape index (κ2) is 3.98. The quantitative estimate of drug-likeness (QED) is 0.865. The third-order valence-corrected chi connectivity index (χ3v) is 3.29. The van der Waals surface area contributed by atoms with Crippen molar-refractivity contribution < 1.29 is 4.52 Å². The van der Waals surface area contributed by atoms with Crippen LogP contribution >= 0.6 is 31.9 Å². The van der Waals surface area contributed by atoms with Crippen LogP contribution < -0.4 is 5.73 Å². The first-order valence-electron chi connectivity index (χ1n) is 4.26.